The maximum Gasteiger partial charge on any atom is 0.224 e. The van der Waals surface area contributed by atoms with Gasteiger partial charge in [-0.05, 0) is 42.9 Å². The van der Waals surface area contributed by atoms with Gasteiger partial charge in [-0.3, -0.25) is 9.78 Å². The second kappa shape index (κ2) is 8.08. The molecule has 1 aliphatic rings. The standard InChI is InChI=1S/C19H26N4O/c1-2-18-21-10-14-22(18)13-7-19(24)23-11-5-17(6-12-23)15-16-3-8-20-9-4-16/h3-4,8-10,14,17H,2,5-7,11-13,15H2,1H3. The van der Waals surface area contributed by atoms with E-state index in [0.717, 1.165) is 51.1 Å². The highest BCUT2D eigenvalue weighted by molar-refractivity contribution is 5.76. The first-order valence-electron chi connectivity index (χ1n) is 8.93. The third kappa shape index (κ3) is 4.22. The molecule has 0 atom stereocenters. The van der Waals surface area contributed by atoms with Crippen LogP contribution in [0.1, 0.15) is 37.6 Å². The second-order valence-corrected chi connectivity index (χ2v) is 6.52. The molecular weight excluding hydrogens is 300 g/mol. The van der Waals surface area contributed by atoms with Gasteiger partial charge in [-0.1, -0.05) is 6.92 Å². The van der Waals surface area contributed by atoms with E-state index in [0.29, 0.717) is 12.3 Å². The highest BCUT2D eigenvalue weighted by Crippen LogP contribution is 2.22. The van der Waals surface area contributed by atoms with Gasteiger partial charge in [0, 0.05) is 57.3 Å². The van der Waals surface area contributed by atoms with Crippen LogP contribution < -0.4 is 0 Å². The van der Waals surface area contributed by atoms with Gasteiger partial charge in [-0.2, -0.15) is 0 Å². The molecular formula is C19H26N4O. The maximum atomic E-state index is 12.4. The van der Waals surface area contributed by atoms with Crippen molar-refractivity contribution in [2.45, 2.75) is 45.6 Å². The molecule has 5 nitrogen and oxygen atoms in total. The first-order chi connectivity index (χ1) is 11.8. The van der Waals surface area contributed by atoms with Gasteiger partial charge in [0.2, 0.25) is 5.91 Å². The van der Waals surface area contributed by atoms with E-state index in [1.165, 1.54) is 5.56 Å². The van der Waals surface area contributed by atoms with Gasteiger partial charge in [-0.25, -0.2) is 4.98 Å². The van der Waals surface area contributed by atoms with Gasteiger partial charge in [0.25, 0.3) is 0 Å². The summed E-state index contributed by atoms with van der Waals surface area (Å²) in [5, 5.41) is 0. The molecule has 1 aliphatic heterocycles. The average Bonchev–Trinajstić information content (AvgIpc) is 3.09. The number of rotatable bonds is 6. The summed E-state index contributed by atoms with van der Waals surface area (Å²) in [6, 6.07) is 4.18. The molecule has 0 aliphatic carbocycles. The Kier molecular flexibility index (Phi) is 5.62. The lowest BCUT2D eigenvalue weighted by Crippen LogP contribution is -2.39. The third-order valence-corrected chi connectivity index (χ3v) is 4.93. The third-order valence-electron chi connectivity index (χ3n) is 4.93. The van der Waals surface area contributed by atoms with Gasteiger partial charge in [-0.15, -0.1) is 0 Å². The second-order valence-electron chi connectivity index (χ2n) is 6.52. The van der Waals surface area contributed by atoms with E-state index in [2.05, 4.69) is 33.6 Å². The average molecular weight is 326 g/mol. The number of carbonyl (C=O) groups is 1. The summed E-state index contributed by atoms with van der Waals surface area (Å²) < 4.78 is 2.09. The van der Waals surface area contributed by atoms with Gasteiger partial charge in [0.1, 0.15) is 5.82 Å². The molecule has 2 aromatic heterocycles. The Morgan fingerprint density at radius 1 is 1.21 bits per heavy atom. The predicted octanol–water partition coefficient (Wildman–Crippen LogP) is 2.71. The number of piperidine rings is 1. The largest absolute Gasteiger partial charge is 0.343 e. The number of imidazole rings is 1. The highest BCUT2D eigenvalue weighted by Gasteiger charge is 2.22. The Balaban J connectivity index is 1.43. The number of aromatic nitrogens is 3. The van der Waals surface area contributed by atoms with Crippen LogP contribution in [-0.2, 0) is 24.2 Å². The van der Waals surface area contributed by atoms with Crippen molar-refractivity contribution in [1.82, 2.24) is 19.4 Å². The van der Waals surface area contributed by atoms with E-state index < -0.39 is 0 Å². The van der Waals surface area contributed by atoms with Gasteiger partial charge >= 0.3 is 0 Å². The number of hydrogen-bond acceptors (Lipinski definition) is 3. The van der Waals surface area contributed by atoms with Gasteiger partial charge in [0.05, 0.1) is 0 Å². The van der Waals surface area contributed by atoms with E-state index >= 15 is 0 Å². The molecule has 0 saturated carbocycles. The van der Waals surface area contributed by atoms with Crippen LogP contribution in [0.15, 0.2) is 36.9 Å². The minimum atomic E-state index is 0.271. The van der Waals surface area contributed by atoms with Crippen molar-refractivity contribution in [3.63, 3.8) is 0 Å². The fourth-order valence-corrected chi connectivity index (χ4v) is 3.47. The van der Waals surface area contributed by atoms with E-state index in [9.17, 15) is 4.79 Å². The molecule has 5 heteroatoms. The van der Waals surface area contributed by atoms with Crippen molar-refractivity contribution in [2.24, 2.45) is 5.92 Å². The molecule has 2 aromatic rings. The summed E-state index contributed by atoms with van der Waals surface area (Å²) in [6.45, 7) is 4.60. The zero-order valence-electron chi connectivity index (χ0n) is 14.4. The van der Waals surface area contributed by atoms with Crippen molar-refractivity contribution >= 4 is 5.91 Å². The quantitative estimate of drug-likeness (QED) is 0.820. The summed E-state index contributed by atoms with van der Waals surface area (Å²) in [6.07, 6.45) is 12.3. The van der Waals surface area contributed by atoms with Crippen LogP contribution in [0.4, 0.5) is 0 Å². The van der Waals surface area contributed by atoms with E-state index in [1.54, 1.807) is 0 Å². The summed E-state index contributed by atoms with van der Waals surface area (Å²) in [4.78, 5) is 22.9. The maximum absolute atomic E-state index is 12.4. The topological polar surface area (TPSA) is 51.0 Å². The normalized spacial score (nSPS) is 15.6. The molecule has 128 valence electrons. The van der Waals surface area contributed by atoms with Crippen LogP contribution in [0.25, 0.3) is 0 Å². The molecule has 0 spiro atoms. The summed E-state index contributed by atoms with van der Waals surface area (Å²) in [5.41, 5.74) is 1.35. The van der Waals surface area contributed by atoms with Crippen LogP contribution in [-0.4, -0.2) is 38.4 Å². The van der Waals surface area contributed by atoms with Crippen LogP contribution in [0.5, 0.6) is 0 Å². The molecule has 0 bridgehead atoms. The Hall–Kier alpha value is -2.17. The number of nitrogens with zero attached hydrogens (tertiary/aromatic N) is 4. The Bertz CT molecular complexity index is 644. The molecule has 0 aromatic carbocycles. The zero-order chi connectivity index (χ0) is 16.8. The summed E-state index contributed by atoms with van der Waals surface area (Å²) in [5.74, 6) is 2.00. The molecule has 0 unspecified atom stereocenters. The van der Waals surface area contributed by atoms with Crippen molar-refractivity contribution in [1.29, 1.82) is 0 Å². The fraction of sp³-hybridized carbons (Fsp3) is 0.526. The number of hydrogen-bond donors (Lipinski definition) is 0. The van der Waals surface area contributed by atoms with E-state index in [1.807, 2.05) is 29.7 Å². The molecule has 1 amide bonds. The number of likely N-dealkylation sites (tertiary alicyclic amines) is 1. The van der Waals surface area contributed by atoms with Crippen LogP contribution in [0, 0.1) is 5.92 Å². The summed E-state index contributed by atoms with van der Waals surface area (Å²) in [7, 11) is 0. The number of pyridine rings is 1. The van der Waals surface area contributed by atoms with Crippen molar-refractivity contribution in [2.75, 3.05) is 13.1 Å². The van der Waals surface area contributed by atoms with Crippen LogP contribution >= 0.6 is 0 Å². The van der Waals surface area contributed by atoms with Crippen LogP contribution in [0.2, 0.25) is 0 Å². The first kappa shape index (κ1) is 16.7. The lowest BCUT2D eigenvalue weighted by molar-refractivity contribution is -0.132. The predicted molar refractivity (Wildman–Crippen MR) is 93.5 cm³/mol. The number of carbonyl (C=O) groups excluding carboxylic acids is 1. The highest BCUT2D eigenvalue weighted by atomic mass is 16.2. The summed E-state index contributed by atoms with van der Waals surface area (Å²) >= 11 is 0. The smallest absolute Gasteiger partial charge is 0.224 e. The Labute approximate surface area is 143 Å². The lowest BCUT2D eigenvalue weighted by Gasteiger charge is -2.32. The zero-order valence-corrected chi connectivity index (χ0v) is 14.4. The molecule has 1 saturated heterocycles. The van der Waals surface area contributed by atoms with Crippen molar-refractivity contribution in [3.8, 4) is 0 Å². The molecule has 3 heterocycles. The van der Waals surface area contributed by atoms with Crippen LogP contribution in [0.3, 0.4) is 0 Å². The molecule has 0 N–H and O–H groups in total. The minimum Gasteiger partial charge on any atom is -0.343 e. The van der Waals surface area contributed by atoms with Gasteiger partial charge < -0.3 is 9.47 Å². The SMILES string of the molecule is CCc1nccn1CCC(=O)N1CCC(Cc2ccncc2)CC1. The molecule has 24 heavy (non-hydrogen) atoms. The van der Waals surface area contributed by atoms with Gasteiger partial charge in [0.15, 0.2) is 0 Å². The monoisotopic (exact) mass is 326 g/mol. The molecule has 1 fully saturated rings. The Morgan fingerprint density at radius 2 is 1.96 bits per heavy atom. The van der Waals surface area contributed by atoms with Crippen molar-refractivity contribution < 1.29 is 4.79 Å². The molecule has 3 rings (SSSR count). The molecule has 0 radical (unpaired) electrons. The number of aryl methyl sites for hydroxylation is 2. The lowest BCUT2D eigenvalue weighted by atomic mass is 9.90. The van der Waals surface area contributed by atoms with E-state index in [4.69, 9.17) is 0 Å². The minimum absolute atomic E-state index is 0.271. The Morgan fingerprint density at radius 3 is 2.67 bits per heavy atom. The first-order valence-corrected chi connectivity index (χ1v) is 8.93. The fourth-order valence-electron chi connectivity index (χ4n) is 3.47. The van der Waals surface area contributed by atoms with E-state index in [-0.39, 0.29) is 5.91 Å². The van der Waals surface area contributed by atoms with Crippen molar-refractivity contribution in [3.05, 3.63) is 48.3 Å². The number of amides is 1.